The molecule has 0 aromatic rings. The zero-order valence-electron chi connectivity index (χ0n) is 8.90. The maximum absolute atomic E-state index is 5.92. The lowest BCUT2D eigenvalue weighted by Crippen LogP contribution is -2.39. The average Bonchev–Trinajstić information content (AvgIpc) is 1.84. The van der Waals surface area contributed by atoms with Gasteiger partial charge in [-0.05, 0) is 33.0 Å². The molecule has 0 bridgehead atoms. The zero-order valence-corrected chi connectivity index (χ0v) is 9.90. The van der Waals surface area contributed by atoms with Crippen LogP contribution in [0.25, 0.3) is 0 Å². The van der Waals surface area contributed by atoms with Crippen LogP contribution in [0.3, 0.4) is 0 Å². The van der Waals surface area contributed by atoms with Crippen molar-refractivity contribution < 1.29 is 4.43 Å². The molecular weight excluding hydrogens is 164 g/mol. The van der Waals surface area contributed by atoms with Crippen molar-refractivity contribution in [1.29, 1.82) is 0 Å². The molecule has 70 valence electrons. The second-order valence-corrected chi connectivity index (χ2v) is 8.77. The summed E-state index contributed by atoms with van der Waals surface area (Å²) >= 11 is 0. The minimum Gasteiger partial charge on any atom is -0.402 e. The summed E-state index contributed by atoms with van der Waals surface area (Å²) in [5.74, 6) is 2.75. The van der Waals surface area contributed by atoms with Crippen LogP contribution in [0.5, 0.6) is 0 Å². The van der Waals surface area contributed by atoms with Gasteiger partial charge in [-0.2, -0.15) is 0 Å². The number of rotatable bonds is 4. The van der Waals surface area contributed by atoms with Crippen molar-refractivity contribution in [3.63, 3.8) is 0 Å². The molecule has 12 heavy (non-hydrogen) atoms. The Bertz CT molecular complexity index is 175. The zero-order chi connectivity index (χ0) is 9.83. The van der Waals surface area contributed by atoms with Crippen LogP contribution in [0.2, 0.25) is 19.6 Å². The lowest BCUT2D eigenvalue weighted by molar-refractivity contribution is 0.132. The van der Waals surface area contributed by atoms with Gasteiger partial charge in [0.05, 0.1) is 0 Å². The number of hydrogen-bond donors (Lipinski definition) is 0. The van der Waals surface area contributed by atoms with E-state index in [0.29, 0.717) is 0 Å². The third-order valence-electron chi connectivity index (χ3n) is 1.56. The first kappa shape index (κ1) is 11.7. The Labute approximate surface area is 77.6 Å². The van der Waals surface area contributed by atoms with Gasteiger partial charge in [0.2, 0.25) is 0 Å². The van der Waals surface area contributed by atoms with Gasteiger partial charge in [0.15, 0.2) is 8.32 Å². The van der Waals surface area contributed by atoms with Crippen molar-refractivity contribution in [3.05, 3.63) is 0 Å². The van der Waals surface area contributed by atoms with Gasteiger partial charge >= 0.3 is 0 Å². The summed E-state index contributed by atoms with van der Waals surface area (Å²) in [5, 5.41) is 0. The second kappa shape index (κ2) is 4.11. The van der Waals surface area contributed by atoms with E-state index in [1.165, 1.54) is 0 Å². The quantitative estimate of drug-likeness (QED) is 0.482. The molecule has 0 amide bonds. The highest BCUT2D eigenvalue weighted by Crippen LogP contribution is 2.21. The normalized spacial score (nSPS) is 16.7. The largest absolute Gasteiger partial charge is 0.402 e. The fourth-order valence-corrected chi connectivity index (χ4v) is 2.82. The topological polar surface area (TPSA) is 9.23 Å². The van der Waals surface area contributed by atoms with Crippen LogP contribution in [-0.2, 0) is 4.43 Å². The predicted molar refractivity (Wildman–Crippen MR) is 56.6 cm³/mol. The van der Waals surface area contributed by atoms with Gasteiger partial charge < -0.3 is 4.43 Å². The fraction of sp³-hybridized carbons (Fsp3) is 0.800. The summed E-state index contributed by atoms with van der Waals surface area (Å²) in [6, 6.07) is 0. The lowest BCUT2D eigenvalue weighted by Gasteiger charge is -2.31. The molecule has 0 saturated heterocycles. The molecular formula is C10H20OSi. The van der Waals surface area contributed by atoms with Gasteiger partial charge in [-0.15, -0.1) is 6.42 Å². The number of terminal acetylenes is 1. The van der Waals surface area contributed by atoms with E-state index < -0.39 is 8.32 Å². The molecule has 0 aliphatic rings. The molecule has 0 heterocycles. The molecule has 1 atom stereocenters. The summed E-state index contributed by atoms with van der Waals surface area (Å²) in [4.78, 5) is 0. The Kier molecular flexibility index (Phi) is 4.02. The van der Waals surface area contributed by atoms with Crippen LogP contribution in [0.15, 0.2) is 0 Å². The van der Waals surface area contributed by atoms with Gasteiger partial charge in [-0.25, -0.2) is 0 Å². The first-order valence-electron chi connectivity index (χ1n) is 4.51. The SMILES string of the molecule is C#CC(C)(CCC)O[Si](C)(C)C. The highest BCUT2D eigenvalue weighted by Gasteiger charge is 2.28. The van der Waals surface area contributed by atoms with E-state index in [1.54, 1.807) is 0 Å². The highest BCUT2D eigenvalue weighted by molar-refractivity contribution is 6.69. The van der Waals surface area contributed by atoms with Gasteiger partial charge in [0.25, 0.3) is 0 Å². The summed E-state index contributed by atoms with van der Waals surface area (Å²) in [6.07, 6.45) is 7.47. The summed E-state index contributed by atoms with van der Waals surface area (Å²) < 4.78 is 5.92. The summed E-state index contributed by atoms with van der Waals surface area (Å²) in [6.45, 7) is 10.6. The van der Waals surface area contributed by atoms with E-state index in [9.17, 15) is 0 Å². The second-order valence-electron chi connectivity index (χ2n) is 4.34. The third kappa shape index (κ3) is 4.58. The average molecular weight is 184 g/mol. The maximum atomic E-state index is 5.92. The van der Waals surface area contributed by atoms with Gasteiger partial charge in [0.1, 0.15) is 5.60 Å². The van der Waals surface area contributed by atoms with Crippen molar-refractivity contribution in [3.8, 4) is 12.3 Å². The molecule has 1 nitrogen and oxygen atoms in total. The van der Waals surface area contributed by atoms with E-state index in [0.717, 1.165) is 12.8 Å². The van der Waals surface area contributed by atoms with Gasteiger partial charge in [-0.1, -0.05) is 19.3 Å². The molecule has 0 aromatic heterocycles. The van der Waals surface area contributed by atoms with Crippen LogP contribution in [-0.4, -0.2) is 13.9 Å². The molecule has 0 N–H and O–H groups in total. The van der Waals surface area contributed by atoms with E-state index in [1.807, 2.05) is 6.92 Å². The van der Waals surface area contributed by atoms with E-state index in [4.69, 9.17) is 10.8 Å². The van der Waals surface area contributed by atoms with Gasteiger partial charge in [0, 0.05) is 0 Å². The van der Waals surface area contributed by atoms with Crippen LogP contribution in [0.1, 0.15) is 26.7 Å². The van der Waals surface area contributed by atoms with Crippen LogP contribution < -0.4 is 0 Å². The third-order valence-corrected chi connectivity index (χ3v) is 2.63. The van der Waals surface area contributed by atoms with E-state index >= 15 is 0 Å². The molecule has 1 unspecified atom stereocenters. The molecule has 0 spiro atoms. The van der Waals surface area contributed by atoms with E-state index in [2.05, 4.69) is 32.5 Å². The maximum Gasteiger partial charge on any atom is 0.185 e. The first-order chi connectivity index (χ1) is 5.33. The van der Waals surface area contributed by atoms with Crippen molar-refractivity contribution in [2.45, 2.75) is 51.9 Å². The smallest absolute Gasteiger partial charge is 0.185 e. The van der Waals surface area contributed by atoms with Crippen LogP contribution in [0, 0.1) is 12.3 Å². The first-order valence-corrected chi connectivity index (χ1v) is 7.92. The predicted octanol–water partition coefficient (Wildman–Crippen LogP) is 3.03. The summed E-state index contributed by atoms with van der Waals surface area (Å²) in [5.41, 5.74) is -0.334. The van der Waals surface area contributed by atoms with Crippen LogP contribution >= 0.6 is 0 Å². The Hall–Kier alpha value is -0.263. The number of hydrogen-bond acceptors (Lipinski definition) is 1. The Balaban J connectivity index is 4.27. The molecule has 2 heteroatoms. The molecule has 0 aliphatic carbocycles. The molecule has 0 aliphatic heterocycles. The van der Waals surface area contributed by atoms with Crippen molar-refractivity contribution in [2.24, 2.45) is 0 Å². The highest BCUT2D eigenvalue weighted by atomic mass is 28.4. The van der Waals surface area contributed by atoms with Crippen LogP contribution in [0.4, 0.5) is 0 Å². The summed E-state index contributed by atoms with van der Waals surface area (Å²) in [7, 11) is -1.49. The minimum atomic E-state index is -1.49. The van der Waals surface area contributed by atoms with Gasteiger partial charge in [-0.3, -0.25) is 0 Å². The molecule has 0 rings (SSSR count). The monoisotopic (exact) mass is 184 g/mol. The van der Waals surface area contributed by atoms with Crippen molar-refractivity contribution >= 4 is 8.32 Å². The van der Waals surface area contributed by atoms with E-state index in [-0.39, 0.29) is 5.60 Å². The van der Waals surface area contributed by atoms with Crippen molar-refractivity contribution in [2.75, 3.05) is 0 Å². The Morgan fingerprint density at radius 1 is 1.42 bits per heavy atom. The van der Waals surface area contributed by atoms with Crippen molar-refractivity contribution in [1.82, 2.24) is 0 Å². The lowest BCUT2D eigenvalue weighted by atomic mass is 10.0. The molecule has 0 radical (unpaired) electrons. The molecule has 0 saturated carbocycles. The fourth-order valence-electron chi connectivity index (χ4n) is 1.31. The molecule has 0 fully saturated rings. The Morgan fingerprint density at radius 3 is 2.17 bits per heavy atom. The minimum absolute atomic E-state index is 0.334. The molecule has 0 aromatic carbocycles. The standard InChI is InChI=1S/C10H20OSi/c1-7-9-10(3,8-2)11-12(4,5)6/h2H,7,9H2,1,3-6H3. The Morgan fingerprint density at radius 2 is 1.92 bits per heavy atom.